The average Bonchev–Trinajstić information content (AvgIpc) is 3.33. The molecule has 4 amide bonds. The number of hydrogen-bond donors (Lipinski definition) is 2. The predicted octanol–water partition coefficient (Wildman–Crippen LogP) is 2.49. The van der Waals surface area contributed by atoms with Gasteiger partial charge in [-0.2, -0.15) is 0 Å². The van der Waals surface area contributed by atoms with E-state index in [0.29, 0.717) is 24.5 Å². The molecule has 2 aliphatic rings. The molecular weight excluding hydrogens is 436 g/mol. The van der Waals surface area contributed by atoms with Crippen molar-refractivity contribution >= 4 is 28.8 Å². The summed E-state index contributed by atoms with van der Waals surface area (Å²) in [6.45, 7) is 4.85. The second-order valence-electron chi connectivity index (χ2n) is 8.69. The lowest BCUT2D eigenvalue weighted by Gasteiger charge is -2.35. The van der Waals surface area contributed by atoms with E-state index in [1.54, 1.807) is 17.2 Å². The van der Waals surface area contributed by atoms with Gasteiger partial charge in [0.05, 0.1) is 25.3 Å². The van der Waals surface area contributed by atoms with Crippen molar-refractivity contribution in [3.8, 4) is 5.75 Å². The molecule has 2 N–H and O–H groups in total. The minimum absolute atomic E-state index is 0.0337. The summed E-state index contributed by atoms with van der Waals surface area (Å²) in [4.78, 5) is 44.2. The van der Waals surface area contributed by atoms with Gasteiger partial charge in [0, 0.05) is 24.5 Å². The van der Waals surface area contributed by atoms with Crippen LogP contribution in [0.2, 0.25) is 0 Å². The topological polar surface area (TPSA) is 114 Å². The van der Waals surface area contributed by atoms with E-state index in [-0.39, 0.29) is 25.3 Å². The van der Waals surface area contributed by atoms with Crippen LogP contribution in [0.25, 0.3) is 11.0 Å². The van der Waals surface area contributed by atoms with E-state index in [2.05, 4.69) is 15.6 Å². The van der Waals surface area contributed by atoms with Gasteiger partial charge in [-0.25, -0.2) is 4.79 Å². The Morgan fingerprint density at radius 2 is 2.00 bits per heavy atom. The number of ether oxygens (including phenoxy) is 1. The zero-order valence-corrected chi connectivity index (χ0v) is 19.1. The maximum Gasteiger partial charge on any atom is 0.322 e. The van der Waals surface area contributed by atoms with Gasteiger partial charge in [-0.05, 0) is 48.7 Å². The molecule has 1 saturated heterocycles. The second kappa shape index (κ2) is 8.48. The van der Waals surface area contributed by atoms with Crippen molar-refractivity contribution in [3.63, 3.8) is 0 Å². The molecule has 0 bridgehead atoms. The lowest BCUT2D eigenvalue weighted by molar-refractivity contribution is -0.134. The molecule has 1 aromatic carbocycles. The van der Waals surface area contributed by atoms with Gasteiger partial charge in [-0.15, -0.1) is 0 Å². The fourth-order valence-electron chi connectivity index (χ4n) is 4.77. The normalized spacial score (nSPS) is 19.8. The lowest BCUT2D eigenvalue weighted by atomic mass is 9.90. The van der Waals surface area contributed by atoms with Gasteiger partial charge in [0.15, 0.2) is 0 Å². The standard InChI is InChI=1S/C25H26N4O5/c1-3-20-19-11-18(34-21(19)7-8-26-20)12-25(23(31)27-24(32)28-25)14-29-13-15-5-6-17(33-4-2)9-16(15)10-22(29)30/h5-9,11H,3-4,10,12-14H2,1-2H3,(H2,27,28,31,32)/t25-/m1/s1. The fraction of sp³-hybridized carbons (Fsp3) is 0.360. The van der Waals surface area contributed by atoms with Gasteiger partial charge < -0.3 is 19.4 Å². The zero-order chi connectivity index (χ0) is 23.9. The molecule has 9 heteroatoms. The number of aryl methyl sites for hydroxylation is 1. The van der Waals surface area contributed by atoms with Gasteiger partial charge >= 0.3 is 6.03 Å². The van der Waals surface area contributed by atoms with Crippen LogP contribution >= 0.6 is 0 Å². The first-order valence-electron chi connectivity index (χ1n) is 11.4. The highest BCUT2D eigenvalue weighted by Crippen LogP contribution is 2.30. The maximum atomic E-state index is 13.0. The maximum absolute atomic E-state index is 13.0. The van der Waals surface area contributed by atoms with Crippen LogP contribution in [0.4, 0.5) is 4.79 Å². The van der Waals surface area contributed by atoms with Crippen LogP contribution in [0.1, 0.15) is 36.4 Å². The van der Waals surface area contributed by atoms with E-state index in [4.69, 9.17) is 9.15 Å². The van der Waals surface area contributed by atoms with Crippen LogP contribution in [0.3, 0.4) is 0 Å². The number of carbonyl (C=O) groups is 3. The van der Waals surface area contributed by atoms with Crippen LogP contribution in [0.5, 0.6) is 5.75 Å². The molecule has 0 unspecified atom stereocenters. The molecule has 0 spiro atoms. The number of carbonyl (C=O) groups excluding carboxylic acids is 3. The molecule has 176 valence electrons. The van der Waals surface area contributed by atoms with Crippen molar-refractivity contribution in [2.24, 2.45) is 0 Å². The number of urea groups is 1. The quantitative estimate of drug-likeness (QED) is 0.522. The summed E-state index contributed by atoms with van der Waals surface area (Å²) in [6, 6.07) is 8.77. The Hall–Kier alpha value is -3.88. The van der Waals surface area contributed by atoms with Crippen molar-refractivity contribution in [1.82, 2.24) is 20.5 Å². The molecule has 0 radical (unpaired) electrons. The van der Waals surface area contributed by atoms with E-state index in [1.165, 1.54) is 0 Å². The van der Waals surface area contributed by atoms with E-state index in [0.717, 1.165) is 34.4 Å². The third-order valence-corrected chi connectivity index (χ3v) is 6.41. The highest BCUT2D eigenvalue weighted by atomic mass is 16.5. The third kappa shape index (κ3) is 3.87. The molecule has 9 nitrogen and oxygen atoms in total. The highest BCUT2D eigenvalue weighted by molar-refractivity contribution is 6.07. The molecular formula is C25H26N4O5. The zero-order valence-electron chi connectivity index (χ0n) is 19.1. The van der Waals surface area contributed by atoms with Crippen LogP contribution in [-0.2, 0) is 35.4 Å². The smallest absolute Gasteiger partial charge is 0.322 e. The molecule has 0 aliphatic carbocycles. The molecule has 1 fully saturated rings. The minimum Gasteiger partial charge on any atom is -0.494 e. The van der Waals surface area contributed by atoms with Gasteiger partial charge in [0.1, 0.15) is 22.6 Å². The van der Waals surface area contributed by atoms with Gasteiger partial charge in [0.2, 0.25) is 5.91 Å². The number of hydrogen-bond acceptors (Lipinski definition) is 6. The number of nitrogens with zero attached hydrogens (tertiary/aromatic N) is 2. The second-order valence-corrected chi connectivity index (χ2v) is 8.69. The summed E-state index contributed by atoms with van der Waals surface area (Å²) in [5, 5.41) is 5.98. The number of fused-ring (bicyclic) bond motifs is 2. The molecule has 4 heterocycles. The molecule has 0 saturated carbocycles. The predicted molar refractivity (Wildman–Crippen MR) is 123 cm³/mol. The average molecular weight is 463 g/mol. The highest BCUT2D eigenvalue weighted by Gasteiger charge is 2.49. The molecule has 3 aromatic rings. The first kappa shape index (κ1) is 21.9. The van der Waals surface area contributed by atoms with Gasteiger partial charge in [0.25, 0.3) is 5.91 Å². The number of amides is 4. The van der Waals surface area contributed by atoms with Crippen molar-refractivity contribution in [2.45, 2.75) is 45.2 Å². The summed E-state index contributed by atoms with van der Waals surface area (Å²) in [5.74, 6) is 0.683. The molecule has 2 aromatic heterocycles. The van der Waals surface area contributed by atoms with Gasteiger partial charge in [-0.1, -0.05) is 13.0 Å². The van der Waals surface area contributed by atoms with Crippen molar-refractivity contribution in [3.05, 3.63) is 59.1 Å². The van der Waals surface area contributed by atoms with E-state index in [1.807, 2.05) is 38.1 Å². The number of aromatic nitrogens is 1. The summed E-state index contributed by atoms with van der Waals surface area (Å²) < 4.78 is 11.6. The number of pyridine rings is 1. The summed E-state index contributed by atoms with van der Waals surface area (Å²) in [5.41, 5.74) is 2.15. The summed E-state index contributed by atoms with van der Waals surface area (Å²) in [6.07, 6.45) is 2.75. The van der Waals surface area contributed by atoms with Crippen LogP contribution < -0.4 is 15.4 Å². The van der Waals surface area contributed by atoms with E-state index >= 15 is 0 Å². The largest absolute Gasteiger partial charge is 0.494 e. The van der Waals surface area contributed by atoms with Gasteiger partial charge in [-0.3, -0.25) is 19.9 Å². The van der Waals surface area contributed by atoms with E-state index < -0.39 is 17.5 Å². The Morgan fingerprint density at radius 1 is 1.15 bits per heavy atom. The first-order chi connectivity index (χ1) is 16.4. The van der Waals surface area contributed by atoms with Crippen molar-refractivity contribution < 1.29 is 23.5 Å². The van der Waals surface area contributed by atoms with Crippen molar-refractivity contribution in [1.29, 1.82) is 0 Å². The molecule has 1 atom stereocenters. The third-order valence-electron chi connectivity index (χ3n) is 6.41. The number of rotatable bonds is 7. The van der Waals surface area contributed by atoms with Crippen LogP contribution in [0.15, 0.2) is 40.9 Å². The summed E-state index contributed by atoms with van der Waals surface area (Å²) >= 11 is 0. The Kier molecular flexibility index (Phi) is 5.47. The Labute approximate surface area is 196 Å². The summed E-state index contributed by atoms with van der Waals surface area (Å²) in [7, 11) is 0. The lowest BCUT2D eigenvalue weighted by Crippen LogP contribution is -2.58. The molecule has 2 aliphatic heterocycles. The first-order valence-corrected chi connectivity index (χ1v) is 11.4. The van der Waals surface area contributed by atoms with Crippen LogP contribution in [0, 0.1) is 0 Å². The number of nitrogens with one attached hydrogen (secondary N) is 2. The number of benzene rings is 1. The molecule has 5 rings (SSSR count). The number of furan rings is 1. The minimum atomic E-state index is -1.33. The monoisotopic (exact) mass is 462 g/mol. The number of imide groups is 1. The van der Waals surface area contributed by atoms with Crippen LogP contribution in [-0.4, -0.2) is 46.4 Å². The fourth-order valence-corrected chi connectivity index (χ4v) is 4.77. The van der Waals surface area contributed by atoms with Crippen molar-refractivity contribution in [2.75, 3.05) is 13.2 Å². The molecule has 34 heavy (non-hydrogen) atoms. The Morgan fingerprint density at radius 3 is 2.74 bits per heavy atom. The Bertz CT molecular complexity index is 1300. The van der Waals surface area contributed by atoms with E-state index in [9.17, 15) is 14.4 Å². The SMILES string of the molecule is CCOc1ccc2c(c1)CC(=O)N(C[C@@]1(Cc3cc4c(CC)nccc4o3)NC(=O)NC1=O)C2. The Balaban J connectivity index is 1.43.